The van der Waals surface area contributed by atoms with Crippen molar-refractivity contribution in [3.63, 3.8) is 0 Å². The fraction of sp³-hybridized carbons (Fsp3) is 0.846. The standard InChI is InChI=1S/C13H21NO4/c1-9-8-18-7-6-14(9)12(15)10-4-2-3-5-11(10)13(16)17/h9-11H,2-8H2,1H3,(H,16,17). The highest BCUT2D eigenvalue weighted by atomic mass is 16.5. The zero-order valence-electron chi connectivity index (χ0n) is 10.8. The van der Waals surface area contributed by atoms with E-state index in [9.17, 15) is 14.7 Å². The Morgan fingerprint density at radius 2 is 1.89 bits per heavy atom. The molecule has 1 heterocycles. The number of rotatable bonds is 2. The van der Waals surface area contributed by atoms with Crippen molar-refractivity contribution in [2.24, 2.45) is 11.8 Å². The summed E-state index contributed by atoms with van der Waals surface area (Å²) in [6.45, 7) is 3.65. The quantitative estimate of drug-likeness (QED) is 0.803. The normalized spacial score (nSPS) is 33.2. The van der Waals surface area contributed by atoms with E-state index in [2.05, 4.69) is 0 Å². The predicted octanol–water partition coefficient (Wildman–Crippen LogP) is 1.12. The molecule has 18 heavy (non-hydrogen) atoms. The highest BCUT2D eigenvalue weighted by molar-refractivity contribution is 5.85. The third-order valence-corrected chi connectivity index (χ3v) is 4.05. The molecule has 1 aliphatic heterocycles. The van der Waals surface area contributed by atoms with Crippen LogP contribution in [0.3, 0.4) is 0 Å². The van der Waals surface area contributed by atoms with E-state index in [1.807, 2.05) is 6.92 Å². The van der Waals surface area contributed by atoms with Gasteiger partial charge in [0.1, 0.15) is 0 Å². The predicted molar refractivity (Wildman–Crippen MR) is 65.1 cm³/mol. The molecule has 1 aliphatic carbocycles. The molecule has 5 nitrogen and oxygen atoms in total. The largest absolute Gasteiger partial charge is 0.481 e. The molecule has 1 amide bonds. The molecule has 1 saturated heterocycles. The third-order valence-electron chi connectivity index (χ3n) is 4.05. The van der Waals surface area contributed by atoms with E-state index in [-0.39, 0.29) is 17.9 Å². The van der Waals surface area contributed by atoms with E-state index in [4.69, 9.17) is 4.74 Å². The van der Waals surface area contributed by atoms with Gasteiger partial charge in [0, 0.05) is 6.54 Å². The Labute approximate surface area is 107 Å². The minimum Gasteiger partial charge on any atom is -0.481 e. The Morgan fingerprint density at radius 3 is 2.50 bits per heavy atom. The second-order valence-corrected chi connectivity index (χ2v) is 5.29. The van der Waals surface area contributed by atoms with Gasteiger partial charge in [0.05, 0.1) is 31.1 Å². The summed E-state index contributed by atoms with van der Waals surface area (Å²) in [5.74, 6) is -1.65. The number of carboxylic acid groups (broad SMARTS) is 1. The van der Waals surface area contributed by atoms with Crippen LogP contribution in [0.5, 0.6) is 0 Å². The number of nitrogens with zero attached hydrogens (tertiary/aromatic N) is 1. The van der Waals surface area contributed by atoms with Gasteiger partial charge in [0.2, 0.25) is 5.91 Å². The fourth-order valence-electron chi connectivity index (χ4n) is 2.99. The first-order chi connectivity index (χ1) is 8.61. The maximum atomic E-state index is 12.5. The molecule has 3 atom stereocenters. The van der Waals surface area contributed by atoms with Gasteiger partial charge in [-0.25, -0.2) is 0 Å². The van der Waals surface area contributed by atoms with Crippen LogP contribution >= 0.6 is 0 Å². The van der Waals surface area contributed by atoms with Crippen molar-refractivity contribution in [2.75, 3.05) is 19.8 Å². The van der Waals surface area contributed by atoms with Gasteiger partial charge in [-0.15, -0.1) is 0 Å². The molecule has 0 aromatic rings. The fourth-order valence-corrected chi connectivity index (χ4v) is 2.99. The summed E-state index contributed by atoms with van der Waals surface area (Å²) in [5.41, 5.74) is 0. The first kappa shape index (κ1) is 13.3. The molecule has 2 fully saturated rings. The van der Waals surface area contributed by atoms with Crippen LogP contribution in [0.1, 0.15) is 32.6 Å². The maximum Gasteiger partial charge on any atom is 0.307 e. The molecule has 3 unspecified atom stereocenters. The number of aliphatic carboxylic acids is 1. The first-order valence-corrected chi connectivity index (χ1v) is 6.72. The topological polar surface area (TPSA) is 66.8 Å². The zero-order valence-corrected chi connectivity index (χ0v) is 10.8. The Bertz CT molecular complexity index is 331. The van der Waals surface area contributed by atoms with Crippen LogP contribution in [0.25, 0.3) is 0 Å². The lowest BCUT2D eigenvalue weighted by Gasteiger charge is -2.38. The number of hydrogen-bond acceptors (Lipinski definition) is 3. The van der Waals surface area contributed by atoms with E-state index in [0.29, 0.717) is 32.6 Å². The van der Waals surface area contributed by atoms with Crippen LogP contribution in [0.15, 0.2) is 0 Å². The number of amides is 1. The van der Waals surface area contributed by atoms with E-state index < -0.39 is 11.9 Å². The van der Waals surface area contributed by atoms with Crippen LogP contribution in [0, 0.1) is 11.8 Å². The van der Waals surface area contributed by atoms with Gasteiger partial charge in [0.25, 0.3) is 0 Å². The van der Waals surface area contributed by atoms with Crippen molar-refractivity contribution in [3.8, 4) is 0 Å². The molecule has 2 rings (SSSR count). The van der Waals surface area contributed by atoms with Gasteiger partial charge < -0.3 is 14.7 Å². The lowest BCUT2D eigenvalue weighted by molar-refractivity contribution is -0.156. The van der Waals surface area contributed by atoms with Crippen molar-refractivity contribution in [1.29, 1.82) is 0 Å². The molecular weight excluding hydrogens is 234 g/mol. The summed E-state index contributed by atoms with van der Waals surface area (Å²) in [4.78, 5) is 25.5. The van der Waals surface area contributed by atoms with Gasteiger partial charge in [0.15, 0.2) is 0 Å². The van der Waals surface area contributed by atoms with Gasteiger partial charge in [-0.05, 0) is 19.8 Å². The van der Waals surface area contributed by atoms with Crippen LogP contribution < -0.4 is 0 Å². The van der Waals surface area contributed by atoms with Gasteiger partial charge in [-0.2, -0.15) is 0 Å². The minimum absolute atomic E-state index is 0.0119. The Morgan fingerprint density at radius 1 is 1.22 bits per heavy atom. The second kappa shape index (κ2) is 5.69. The smallest absolute Gasteiger partial charge is 0.307 e. The molecule has 0 radical (unpaired) electrons. The van der Waals surface area contributed by atoms with Crippen LogP contribution in [-0.4, -0.2) is 47.7 Å². The number of hydrogen-bond donors (Lipinski definition) is 1. The van der Waals surface area contributed by atoms with Crippen molar-refractivity contribution >= 4 is 11.9 Å². The molecule has 1 N–H and O–H groups in total. The Balaban J connectivity index is 2.07. The van der Waals surface area contributed by atoms with Crippen LogP contribution in [0.4, 0.5) is 0 Å². The summed E-state index contributed by atoms with van der Waals surface area (Å²) in [5, 5.41) is 9.23. The summed E-state index contributed by atoms with van der Waals surface area (Å²) in [7, 11) is 0. The highest BCUT2D eigenvalue weighted by Crippen LogP contribution is 2.32. The van der Waals surface area contributed by atoms with Crippen LogP contribution in [-0.2, 0) is 14.3 Å². The van der Waals surface area contributed by atoms with E-state index >= 15 is 0 Å². The molecule has 2 aliphatic rings. The Hall–Kier alpha value is -1.10. The summed E-state index contributed by atoms with van der Waals surface area (Å²) in [6, 6.07) is 0.0580. The van der Waals surface area contributed by atoms with Crippen molar-refractivity contribution < 1.29 is 19.4 Å². The lowest BCUT2D eigenvalue weighted by atomic mass is 9.78. The number of morpholine rings is 1. The zero-order chi connectivity index (χ0) is 13.1. The molecule has 0 aromatic heterocycles. The number of ether oxygens (including phenoxy) is 1. The molecule has 0 aromatic carbocycles. The number of carbonyl (C=O) groups excluding carboxylic acids is 1. The molecule has 0 spiro atoms. The molecular formula is C13H21NO4. The third kappa shape index (κ3) is 2.66. The average molecular weight is 255 g/mol. The summed E-state index contributed by atoms with van der Waals surface area (Å²) < 4.78 is 5.31. The molecule has 1 saturated carbocycles. The summed E-state index contributed by atoms with van der Waals surface area (Å²) in [6.07, 6.45) is 3.21. The minimum atomic E-state index is -0.825. The molecule has 102 valence electrons. The van der Waals surface area contributed by atoms with E-state index in [0.717, 1.165) is 12.8 Å². The van der Waals surface area contributed by atoms with Gasteiger partial charge in [-0.3, -0.25) is 9.59 Å². The van der Waals surface area contributed by atoms with Crippen molar-refractivity contribution in [1.82, 2.24) is 4.90 Å². The molecule has 0 bridgehead atoms. The number of carbonyl (C=O) groups is 2. The highest BCUT2D eigenvalue weighted by Gasteiger charge is 2.39. The van der Waals surface area contributed by atoms with E-state index in [1.165, 1.54) is 0 Å². The van der Waals surface area contributed by atoms with Crippen molar-refractivity contribution in [2.45, 2.75) is 38.6 Å². The molecule has 5 heteroatoms. The monoisotopic (exact) mass is 255 g/mol. The van der Waals surface area contributed by atoms with Gasteiger partial charge >= 0.3 is 5.97 Å². The summed E-state index contributed by atoms with van der Waals surface area (Å²) >= 11 is 0. The van der Waals surface area contributed by atoms with Crippen molar-refractivity contribution in [3.05, 3.63) is 0 Å². The van der Waals surface area contributed by atoms with Crippen LogP contribution in [0.2, 0.25) is 0 Å². The van der Waals surface area contributed by atoms with E-state index in [1.54, 1.807) is 4.90 Å². The first-order valence-electron chi connectivity index (χ1n) is 6.72. The number of carboxylic acids is 1. The lowest BCUT2D eigenvalue weighted by Crippen LogP contribution is -2.51. The average Bonchev–Trinajstić information content (AvgIpc) is 2.38. The Kier molecular flexibility index (Phi) is 4.22. The maximum absolute atomic E-state index is 12.5. The SMILES string of the molecule is CC1COCCN1C(=O)C1CCCCC1C(=O)O. The second-order valence-electron chi connectivity index (χ2n) is 5.29. The van der Waals surface area contributed by atoms with Gasteiger partial charge in [-0.1, -0.05) is 12.8 Å².